The van der Waals surface area contributed by atoms with Crippen molar-refractivity contribution in [3.63, 3.8) is 0 Å². The Morgan fingerprint density at radius 2 is 1.92 bits per heavy atom. The zero-order valence-electron chi connectivity index (χ0n) is 13.9. The molecule has 0 bridgehead atoms. The van der Waals surface area contributed by atoms with Crippen molar-refractivity contribution >= 4 is 17.5 Å². The Kier molecular flexibility index (Phi) is 5.40. The lowest BCUT2D eigenvalue weighted by atomic mass is 10.1. The second kappa shape index (κ2) is 7.36. The highest BCUT2D eigenvalue weighted by atomic mass is 35.5. The molecule has 1 aliphatic carbocycles. The average molecular weight is 357 g/mol. The van der Waals surface area contributed by atoms with Crippen molar-refractivity contribution in [1.29, 1.82) is 0 Å². The van der Waals surface area contributed by atoms with Gasteiger partial charge in [-0.2, -0.15) is 0 Å². The Bertz CT molecular complexity index is 619. The minimum atomic E-state index is -0.607. The van der Waals surface area contributed by atoms with Gasteiger partial charge in [0.2, 0.25) is 5.91 Å². The van der Waals surface area contributed by atoms with Crippen LogP contribution in [-0.4, -0.2) is 41.9 Å². The molecular weight excluding hydrogens is 334 g/mol. The van der Waals surface area contributed by atoms with Crippen molar-refractivity contribution < 1.29 is 13.6 Å². The van der Waals surface area contributed by atoms with E-state index in [1.807, 2.05) is 16.8 Å². The van der Waals surface area contributed by atoms with Gasteiger partial charge in [0.25, 0.3) is 0 Å². The van der Waals surface area contributed by atoms with E-state index in [0.717, 1.165) is 31.5 Å². The van der Waals surface area contributed by atoms with Crippen molar-refractivity contribution in [2.45, 2.75) is 44.7 Å². The molecule has 0 N–H and O–H groups in total. The lowest BCUT2D eigenvalue weighted by Gasteiger charge is -2.25. The lowest BCUT2D eigenvalue weighted by molar-refractivity contribution is -0.129. The summed E-state index contributed by atoms with van der Waals surface area (Å²) in [7, 11) is 1.85. The fourth-order valence-corrected chi connectivity index (χ4v) is 4.20. The summed E-state index contributed by atoms with van der Waals surface area (Å²) in [5.74, 6) is -0.637. The van der Waals surface area contributed by atoms with Crippen molar-refractivity contribution in [3.8, 4) is 0 Å². The molecule has 1 aliphatic heterocycles. The summed E-state index contributed by atoms with van der Waals surface area (Å²) in [6.07, 6.45) is 5.17. The Labute approximate surface area is 146 Å². The van der Waals surface area contributed by atoms with E-state index in [2.05, 4.69) is 0 Å². The van der Waals surface area contributed by atoms with Crippen molar-refractivity contribution in [3.05, 3.63) is 34.4 Å². The third-order valence-corrected chi connectivity index (χ3v) is 5.55. The van der Waals surface area contributed by atoms with Gasteiger partial charge in [0.1, 0.15) is 11.6 Å². The Morgan fingerprint density at radius 1 is 1.25 bits per heavy atom. The lowest BCUT2D eigenvalue weighted by Crippen LogP contribution is -2.35. The van der Waals surface area contributed by atoms with Gasteiger partial charge in [-0.15, -0.1) is 0 Å². The van der Waals surface area contributed by atoms with Crippen LogP contribution in [0.3, 0.4) is 0 Å². The summed E-state index contributed by atoms with van der Waals surface area (Å²) >= 11 is 5.89. The number of hydrogen-bond donors (Lipinski definition) is 0. The molecule has 132 valence electrons. The Balaban J connectivity index is 1.59. The van der Waals surface area contributed by atoms with Gasteiger partial charge in [0.15, 0.2) is 0 Å². The normalized spacial score (nSPS) is 22.1. The number of hydrogen-bond acceptors (Lipinski definition) is 2. The van der Waals surface area contributed by atoms with Gasteiger partial charge in [0.05, 0.1) is 5.02 Å². The third-order valence-electron chi connectivity index (χ3n) is 5.14. The van der Waals surface area contributed by atoms with Gasteiger partial charge in [-0.1, -0.05) is 24.4 Å². The van der Waals surface area contributed by atoms with E-state index in [1.165, 1.54) is 12.8 Å². The van der Waals surface area contributed by atoms with E-state index in [-0.39, 0.29) is 29.0 Å². The minimum absolute atomic E-state index is 0.156. The standard InChI is InChI=1S/C18H23ClF2N2O/c1-22(11-14-15(20)6-7-16(21)18(14)19)9-12-8-17(24)23(10-12)13-4-2-3-5-13/h6-7,12-13H,2-5,8-11H2,1H3/t12-/m1/s1. The van der Waals surface area contributed by atoms with Crippen LogP contribution >= 0.6 is 11.6 Å². The SMILES string of the molecule is CN(Cc1c(F)ccc(F)c1Cl)C[C@H]1CC(=O)N(C2CCCC2)C1. The Hall–Kier alpha value is -1.20. The summed E-state index contributed by atoms with van der Waals surface area (Å²) in [5.41, 5.74) is 0.177. The van der Waals surface area contributed by atoms with Crippen LogP contribution in [0.4, 0.5) is 8.78 Å². The topological polar surface area (TPSA) is 23.6 Å². The second-order valence-corrected chi connectivity index (χ2v) is 7.45. The van der Waals surface area contributed by atoms with E-state index in [0.29, 0.717) is 19.0 Å². The highest BCUT2D eigenvalue weighted by Crippen LogP contribution is 2.30. The molecule has 1 heterocycles. The minimum Gasteiger partial charge on any atom is -0.339 e. The number of rotatable bonds is 5. The first-order valence-electron chi connectivity index (χ1n) is 8.56. The summed E-state index contributed by atoms with van der Waals surface area (Å²) in [5, 5.41) is -0.156. The van der Waals surface area contributed by atoms with E-state index < -0.39 is 11.6 Å². The molecule has 1 aromatic carbocycles. The first-order chi connectivity index (χ1) is 11.5. The first-order valence-corrected chi connectivity index (χ1v) is 8.94. The van der Waals surface area contributed by atoms with Gasteiger partial charge in [-0.3, -0.25) is 4.79 Å². The molecule has 0 radical (unpaired) electrons. The predicted octanol–water partition coefficient (Wildman–Crippen LogP) is 3.84. The van der Waals surface area contributed by atoms with Crippen LogP contribution in [0.15, 0.2) is 12.1 Å². The maximum absolute atomic E-state index is 13.9. The zero-order valence-corrected chi connectivity index (χ0v) is 14.7. The van der Waals surface area contributed by atoms with Gasteiger partial charge in [-0.05, 0) is 37.9 Å². The van der Waals surface area contributed by atoms with Crippen LogP contribution in [0.25, 0.3) is 0 Å². The van der Waals surface area contributed by atoms with Crippen molar-refractivity contribution in [2.75, 3.05) is 20.1 Å². The number of carbonyl (C=O) groups is 1. The molecule has 1 amide bonds. The quantitative estimate of drug-likeness (QED) is 0.748. The molecular formula is C18H23ClF2N2O. The fraction of sp³-hybridized carbons (Fsp3) is 0.611. The maximum atomic E-state index is 13.9. The van der Waals surface area contributed by atoms with Crippen LogP contribution in [0.2, 0.25) is 5.02 Å². The molecule has 0 unspecified atom stereocenters. The van der Waals surface area contributed by atoms with Crippen LogP contribution in [0, 0.1) is 17.6 Å². The molecule has 3 rings (SSSR count). The monoisotopic (exact) mass is 356 g/mol. The van der Waals surface area contributed by atoms with Crippen LogP contribution in [-0.2, 0) is 11.3 Å². The third kappa shape index (κ3) is 3.72. The highest BCUT2D eigenvalue weighted by Gasteiger charge is 2.35. The molecule has 0 aromatic heterocycles. The fourth-order valence-electron chi connectivity index (χ4n) is 3.99. The summed E-state index contributed by atoms with van der Waals surface area (Å²) in [6.45, 7) is 1.67. The highest BCUT2D eigenvalue weighted by molar-refractivity contribution is 6.31. The number of carbonyl (C=O) groups excluding carboxylic acids is 1. The number of nitrogens with zero attached hydrogens (tertiary/aromatic N) is 2. The van der Waals surface area contributed by atoms with Gasteiger partial charge in [0, 0.05) is 37.7 Å². The van der Waals surface area contributed by atoms with E-state index in [9.17, 15) is 13.6 Å². The smallest absolute Gasteiger partial charge is 0.223 e. The van der Waals surface area contributed by atoms with Crippen LogP contribution in [0.5, 0.6) is 0 Å². The molecule has 1 saturated heterocycles. The molecule has 2 aliphatic rings. The molecule has 1 aromatic rings. The molecule has 6 heteroatoms. The summed E-state index contributed by atoms with van der Waals surface area (Å²) < 4.78 is 27.4. The van der Waals surface area contributed by atoms with Gasteiger partial charge in [-0.25, -0.2) is 8.78 Å². The molecule has 2 fully saturated rings. The molecule has 1 saturated carbocycles. The van der Waals surface area contributed by atoms with Gasteiger partial charge >= 0.3 is 0 Å². The largest absolute Gasteiger partial charge is 0.339 e. The molecule has 3 nitrogen and oxygen atoms in total. The predicted molar refractivity (Wildman–Crippen MR) is 89.8 cm³/mol. The van der Waals surface area contributed by atoms with Crippen LogP contribution < -0.4 is 0 Å². The van der Waals surface area contributed by atoms with Gasteiger partial charge < -0.3 is 9.80 Å². The number of likely N-dealkylation sites (tertiary alicyclic amines) is 1. The molecule has 1 atom stereocenters. The van der Waals surface area contributed by atoms with E-state index in [1.54, 1.807) is 0 Å². The molecule has 24 heavy (non-hydrogen) atoms. The molecule has 0 spiro atoms. The number of benzene rings is 1. The maximum Gasteiger partial charge on any atom is 0.223 e. The number of halogens is 3. The van der Waals surface area contributed by atoms with Crippen molar-refractivity contribution in [2.24, 2.45) is 5.92 Å². The van der Waals surface area contributed by atoms with E-state index >= 15 is 0 Å². The average Bonchev–Trinajstić information content (AvgIpc) is 3.17. The summed E-state index contributed by atoms with van der Waals surface area (Å²) in [4.78, 5) is 16.2. The van der Waals surface area contributed by atoms with Crippen LogP contribution in [0.1, 0.15) is 37.7 Å². The Morgan fingerprint density at radius 3 is 2.62 bits per heavy atom. The van der Waals surface area contributed by atoms with E-state index in [4.69, 9.17) is 11.6 Å². The number of amides is 1. The zero-order chi connectivity index (χ0) is 17.3. The van der Waals surface area contributed by atoms with Crippen molar-refractivity contribution in [1.82, 2.24) is 9.80 Å². The second-order valence-electron chi connectivity index (χ2n) is 7.07. The first kappa shape index (κ1) is 17.6. The summed E-state index contributed by atoms with van der Waals surface area (Å²) in [6, 6.07) is 2.55.